The van der Waals surface area contributed by atoms with Gasteiger partial charge < -0.3 is 10.1 Å². The molecule has 1 heterocycles. The standard InChI is InChI=1S/C14H10N2O3/c17-13(18)9-5-7-10(8-6-9)16-12-4-2-1-3-11(12)15-14(16)19/h1-8H,(H,15,19)(H,17,18). The number of benzene rings is 2. The largest absolute Gasteiger partial charge is 0.478 e. The van der Waals surface area contributed by atoms with Crippen molar-refractivity contribution >= 4 is 17.0 Å². The maximum Gasteiger partial charge on any atom is 0.335 e. The fraction of sp³-hybridized carbons (Fsp3) is 0. The van der Waals surface area contributed by atoms with Gasteiger partial charge in [-0.15, -0.1) is 0 Å². The van der Waals surface area contributed by atoms with Gasteiger partial charge in [-0.1, -0.05) is 12.1 Å². The van der Waals surface area contributed by atoms with Crippen LogP contribution in [0.25, 0.3) is 16.7 Å². The van der Waals surface area contributed by atoms with E-state index in [1.165, 1.54) is 16.7 Å². The SMILES string of the molecule is O=C(O)c1ccc(-n2c(=O)[nH]c3ccccc32)cc1. The average molecular weight is 254 g/mol. The number of hydrogen-bond donors (Lipinski definition) is 2. The van der Waals surface area contributed by atoms with Gasteiger partial charge in [-0.2, -0.15) is 0 Å². The van der Waals surface area contributed by atoms with E-state index in [0.717, 1.165) is 11.0 Å². The molecule has 0 amide bonds. The van der Waals surface area contributed by atoms with Crippen molar-refractivity contribution in [3.05, 3.63) is 64.6 Å². The normalized spacial score (nSPS) is 10.7. The molecule has 5 heteroatoms. The smallest absolute Gasteiger partial charge is 0.335 e. The molecular formula is C14H10N2O3. The molecule has 0 aliphatic heterocycles. The Morgan fingerprint density at radius 2 is 1.74 bits per heavy atom. The minimum absolute atomic E-state index is 0.191. The summed E-state index contributed by atoms with van der Waals surface area (Å²) in [5.74, 6) is -0.988. The van der Waals surface area contributed by atoms with Crippen molar-refractivity contribution < 1.29 is 9.90 Å². The molecule has 0 unspecified atom stereocenters. The number of hydrogen-bond acceptors (Lipinski definition) is 2. The molecule has 0 saturated heterocycles. The number of carboxylic acid groups (broad SMARTS) is 1. The number of imidazole rings is 1. The van der Waals surface area contributed by atoms with Gasteiger partial charge in [0.05, 0.1) is 22.3 Å². The average Bonchev–Trinajstić information content (AvgIpc) is 2.74. The zero-order valence-electron chi connectivity index (χ0n) is 9.83. The quantitative estimate of drug-likeness (QED) is 0.734. The fourth-order valence-corrected chi connectivity index (χ4v) is 2.06. The number of nitrogens with one attached hydrogen (secondary N) is 1. The van der Waals surface area contributed by atoms with Gasteiger partial charge in [0, 0.05) is 0 Å². The van der Waals surface area contributed by atoms with Crippen LogP contribution in [0.1, 0.15) is 10.4 Å². The highest BCUT2D eigenvalue weighted by atomic mass is 16.4. The third-order valence-corrected chi connectivity index (χ3v) is 2.96. The highest BCUT2D eigenvalue weighted by molar-refractivity contribution is 5.88. The minimum Gasteiger partial charge on any atom is -0.478 e. The number of H-pyrrole nitrogens is 1. The van der Waals surface area contributed by atoms with E-state index in [-0.39, 0.29) is 11.3 Å². The van der Waals surface area contributed by atoms with E-state index in [1.54, 1.807) is 12.1 Å². The van der Waals surface area contributed by atoms with E-state index in [9.17, 15) is 9.59 Å². The first-order valence-corrected chi connectivity index (χ1v) is 5.70. The van der Waals surface area contributed by atoms with Crippen molar-refractivity contribution in [2.75, 3.05) is 0 Å². The van der Waals surface area contributed by atoms with Crippen LogP contribution < -0.4 is 5.69 Å². The molecule has 0 fully saturated rings. The lowest BCUT2D eigenvalue weighted by Gasteiger charge is -2.03. The monoisotopic (exact) mass is 254 g/mol. The van der Waals surface area contributed by atoms with Crippen molar-refractivity contribution in [2.45, 2.75) is 0 Å². The third-order valence-electron chi connectivity index (χ3n) is 2.96. The number of carbonyl (C=O) groups is 1. The molecule has 0 atom stereocenters. The second-order valence-corrected chi connectivity index (χ2v) is 4.13. The molecular weight excluding hydrogens is 244 g/mol. The summed E-state index contributed by atoms with van der Waals surface area (Å²) in [6.07, 6.45) is 0. The Bertz CT molecular complexity index is 813. The van der Waals surface area contributed by atoms with Crippen LogP contribution in [-0.4, -0.2) is 20.6 Å². The summed E-state index contributed by atoms with van der Waals surface area (Å²) < 4.78 is 1.51. The summed E-state index contributed by atoms with van der Waals surface area (Å²) in [5, 5.41) is 8.86. The van der Waals surface area contributed by atoms with E-state index in [1.807, 2.05) is 24.3 Å². The topological polar surface area (TPSA) is 75.1 Å². The van der Waals surface area contributed by atoms with Crippen molar-refractivity contribution in [1.82, 2.24) is 9.55 Å². The van der Waals surface area contributed by atoms with Crippen LogP contribution in [0.5, 0.6) is 0 Å². The zero-order chi connectivity index (χ0) is 13.4. The highest BCUT2D eigenvalue weighted by Gasteiger charge is 2.09. The van der Waals surface area contributed by atoms with Crippen molar-refractivity contribution in [3.8, 4) is 5.69 Å². The highest BCUT2D eigenvalue weighted by Crippen LogP contribution is 2.15. The predicted molar refractivity (Wildman–Crippen MR) is 70.9 cm³/mol. The second kappa shape index (κ2) is 4.13. The molecule has 0 aliphatic carbocycles. The number of rotatable bonds is 2. The summed E-state index contributed by atoms with van der Waals surface area (Å²) in [6.45, 7) is 0. The Morgan fingerprint density at radius 3 is 2.42 bits per heavy atom. The van der Waals surface area contributed by atoms with Crippen molar-refractivity contribution in [2.24, 2.45) is 0 Å². The van der Waals surface area contributed by atoms with Gasteiger partial charge in [0.2, 0.25) is 0 Å². The van der Waals surface area contributed by atoms with E-state index in [0.29, 0.717) is 5.69 Å². The second-order valence-electron chi connectivity index (χ2n) is 4.13. The number of nitrogens with zero attached hydrogens (tertiary/aromatic N) is 1. The molecule has 0 aliphatic rings. The van der Waals surface area contributed by atoms with Crippen LogP contribution in [0.4, 0.5) is 0 Å². The first-order valence-electron chi connectivity index (χ1n) is 5.70. The Morgan fingerprint density at radius 1 is 1.05 bits per heavy atom. The van der Waals surface area contributed by atoms with Crippen LogP contribution in [0.15, 0.2) is 53.3 Å². The Labute approximate surface area is 107 Å². The Balaban J connectivity index is 2.21. The third kappa shape index (κ3) is 1.81. The molecule has 19 heavy (non-hydrogen) atoms. The van der Waals surface area contributed by atoms with Gasteiger partial charge in [-0.3, -0.25) is 4.57 Å². The Hall–Kier alpha value is -2.82. The number of aromatic carboxylic acids is 1. The number of fused-ring (bicyclic) bond motifs is 1. The fourth-order valence-electron chi connectivity index (χ4n) is 2.06. The predicted octanol–water partition coefficient (Wildman–Crippen LogP) is 2.02. The van der Waals surface area contributed by atoms with Gasteiger partial charge in [0.15, 0.2) is 0 Å². The van der Waals surface area contributed by atoms with Gasteiger partial charge in [0.25, 0.3) is 0 Å². The van der Waals surface area contributed by atoms with Crippen LogP contribution >= 0.6 is 0 Å². The van der Waals surface area contributed by atoms with Crippen LogP contribution in [0.3, 0.4) is 0 Å². The van der Waals surface area contributed by atoms with Gasteiger partial charge in [0.1, 0.15) is 0 Å². The number of aromatic nitrogens is 2. The summed E-state index contributed by atoms with van der Waals surface area (Å²) in [4.78, 5) is 25.5. The van der Waals surface area contributed by atoms with Gasteiger partial charge >= 0.3 is 11.7 Å². The van der Waals surface area contributed by atoms with Crippen LogP contribution in [-0.2, 0) is 0 Å². The maximum absolute atomic E-state index is 11.9. The van der Waals surface area contributed by atoms with Crippen molar-refractivity contribution in [3.63, 3.8) is 0 Å². The van der Waals surface area contributed by atoms with Crippen LogP contribution in [0.2, 0.25) is 0 Å². The van der Waals surface area contributed by atoms with E-state index >= 15 is 0 Å². The first kappa shape index (κ1) is 11.3. The molecule has 0 saturated carbocycles. The lowest BCUT2D eigenvalue weighted by molar-refractivity contribution is 0.0697. The summed E-state index contributed by atoms with van der Waals surface area (Å²) in [6, 6.07) is 13.5. The maximum atomic E-state index is 11.9. The molecule has 5 nitrogen and oxygen atoms in total. The zero-order valence-corrected chi connectivity index (χ0v) is 9.83. The Kier molecular flexibility index (Phi) is 2.45. The number of aromatic amines is 1. The molecule has 0 spiro atoms. The number of carboxylic acids is 1. The van der Waals surface area contributed by atoms with Crippen molar-refractivity contribution in [1.29, 1.82) is 0 Å². The van der Waals surface area contributed by atoms with Gasteiger partial charge in [-0.25, -0.2) is 9.59 Å². The molecule has 0 bridgehead atoms. The van der Waals surface area contributed by atoms with Gasteiger partial charge in [-0.05, 0) is 36.4 Å². The number of para-hydroxylation sites is 2. The molecule has 0 radical (unpaired) electrons. The lowest BCUT2D eigenvalue weighted by Crippen LogP contribution is -2.14. The molecule has 3 rings (SSSR count). The van der Waals surface area contributed by atoms with E-state index < -0.39 is 5.97 Å². The molecule has 3 aromatic rings. The van der Waals surface area contributed by atoms with E-state index in [4.69, 9.17) is 5.11 Å². The van der Waals surface area contributed by atoms with Crippen LogP contribution in [0, 0.1) is 0 Å². The lowest BCUT2D eigenvalue weighted by atomic mass is 10.2. The molecule has 2 N–H and O–H groups in total. The minimum atomic E-state index is -0.988. The molecule has 2 aromatic carbocycles. The summed E-state index contributed by atoms with van der Waals surface area (Å²) >= 11 is 0. The summed E-state index contributed by atoms with van der Waals surface area (Å²) in [5.41, 5.74) is 2.08. The molecule has 94 valence electrons. The molecule has 1 aromatic heterocycles. The summed E-state index contributed by atoms with van der Waals surface area (Å²) in [7, 11) is 0. The van der Waals surface area contributed by atoms with E-state index in [2.05, 4.69) is 4.98 Å². The first-order chi connectivity index (χ1) is 9.16.